The number of aryl methyl sites for hydroxylation is 2. The van der Waals surface area contributed by atoms with Gasteiger partial charge < -0.3 is 5.32 Å². The van der Waals surface area contributed by atoms with Crippen molar-refractivity contribution in [2.45, 2.75) is 38.6 Å². The van der Waals surface area contributed by atoms with Crippen molar-refractivity contribution >= 4 is 33.2 Å². The molecule has 1 fully saturated rings. The molecule has 0 bridgehead atoms. The van der Waals surface area contributed by atoms with Crippen LogP contribution in [0.25, 0.3) is 0 Å². The molecule has 3 rings (SSSR count). The minimum atomic E-state index is 0.563. The van der Waals surface area contributed by atoms with E-state index in [4.69, 9.17) is 11.6 Å². The molecule has 0 aliphatic heterocycles. The topological polar surface area (TPSA) is 12.0 Å². The maximum Gasteiger partial charge on any atom is 0.0408 e. The van der Waals surface area contributed by atoms with Crippen LogP contribution in [0.15, 0.2) is 40.9 Å². The van der Waals surface area contributed by atoms with Gasteiger partial charge in [-0.25, -0.2) is 0 Å². The maximum atomic E-state index is 6.07. The molecule has 0 heterocycles. The fraction of sp³-hybridized carbons (Fsp3) is 0.333. The molecular weight excluding hydrogens is 346 g/mol. The van der Waals surface area contributed by atoms with Crippen molar-refractivity contribution in [1.29, 1.82) is 0 Å². The van der Waals surface area contributed by atoms with E-state index in [1.807, 2.05) is 12.1 Å². The van der Waals surface area contributed by atoms with E-state index in [-0.39, 0.29) is 0 Å². The highest BCUT2D eigenvalue weighted by Crippen LogP contribution is 2.40. The van der Waals surface area contributed by atoms with Crippen LogP contribution >= 0.6 is 27.5 Å². The van der Waals surface area contributed by atoms with Crippen LogP contribution in [0.4, 0.5) is 5.69 Å². The second-order valence-electron chi connectivity index (χ2n) is 5.98. The Balaban J connectivity index is 1.65. The molecule has 1 saturated carbocycles. The summed E-state index contributed by atoms with van der Waals surface area (Å²) in [6.45, 7) is 4.32. The Morgan fingerprint density at radius 2 is 1.76 bits per heavy atom. The van der Waals surface area contributed by atoms with Crippen LogP contribution in [0, 0.1) is 13.8 Å². The zero-order valence-electron chi connectivity index (χ0n) is 12.3. The molecule has 0 amide bonds. The van der Waals surface area contributed by atoms with E-state index in [2.05, 4.69) is 59.4 Å². The third-order valence-corrected chi connectivity index (χ3v) is 5.00. The van der Waals surface area contributed by atoms with Crippen molar-refractivity contribution in [2.24, 2.45) is 0 Å². The van der Waals surface area contributed by atoms with E-state index in [0.717, 1.165) is 9.50 Å². The smallest absolute Gasteiger partial charge is 0.0408 e. The molecule has 0 unspecified atom stereocenters. The van der Waals surface area contributed by atoms with Crippen molar-refractivity contribution in [3.63, 3.8) is 0 Å². The first-order valence-corrected chi connectivity index (χ1v) is 8.49. The lowest BCUT2D eigenvalue weighted by Gasteiger charge is -2.37. The molecule has 1 aliphatic rings. The fourth-order valence-corrected chi connectivity index (χ4v) is 4.00. The Morgan fingerprint density at radius 1 is 1.10 bits per heavy atom. The number of hydrogen-bond acceptors (Lipinski definition) is 1. The molecule has 2 aromatic rings. The summed E-state index contributed by atoms with van der Waals surface area (Å²) in [6, 6.07) is 13.2. The van der Waals surface area contributed by atoms with Gasteiger partial charge in [0, 0.05) is 21.2 Å². The lowest BCUT2D eigenvalue weighted by molar-refractivity contribution is 0.374. The van der Waals surface area contributed by atoms with Gasteiger partial charge in [-0.3, -0.25) is 0 Å². The van der Waals surface area contributed by atoms with Crippen LogP contribution in [0.3, 0.4) is 0 Å². The first-order chi connectivity index (χ1) is 10.0. The monoisotopic (exact) mass is 363 g/mol. The quantitative estimate of drug-likeness (QED) is 0.696. The summed E-state index contributed by atoms with van der Waals surface area (Å²) >= 11 is 9.62. The van der Waals surface area contributed by atoms with E-state index in [1.54, 1.807) is 0 Å². The molecule has 21 heavy (non-hydrogen) atoms. The highest BCUT2D eigenvalue weighted by Gasteiger charge is 2.30. The lowest BCUT2D eigenvalue weighted by Crippen LogP contribution is -2.34. The van der Waals surface area contributed by atoms with Crippen molar-refractivity contribution in [3.05, 3.63) is 62.6 Å². The normalized spacial score (nSPS) is 21.0. The summed E-state index contributed by atoms with van der Waals surface area (Å²) in [4.78, 5) is 0. The van der Waals surface area contributed by atoms with E-state index in [1.165, 1.54) is 35.2 Å². The van der Waals surface area contributed by atoms with Gasteiger partial charge in [-0.15, -0.1) is 0 Å². The summed E-state index contributed by atoms with van der Waals surface area (Å²) in [6.07, 6.45) is 2.35. The Kier molecular flexibility index (Phi) is 4.28. The average molecular weight is 365 g/mol. The van der Waals surface area contributed by atoms with Crippen molar-refractivity contribution < 1.29 is 0 Å². The molecule has 1 nitrogen and oxygen atoms in total. The zero-order chi connectivity index (χ0) is 15.0. The number of halogens is 2. The Morgan fingerprint density at radius 3 is 2.38 bits per heavy atom. The van der Waals surface area contributed by atoms with Gasteiger partial charge in [0.05, 0.1) is 0 Å². The van der Waals surface area contributed by atoms with Crippen molar-refractivity contribution in [2.75, 3.05) is 5.32 Å². The van der Waals surface area contributed by atoms with Gasteiger partial charge in [0.1, 0.15) is 0 Å². The predicted octanol–water partition coefficient (Wildman–Crippen LogP) is 6.08. The third-order valence-electron chi connectivity index (χ3n) is 4.30. The molecule has 0 radical (unpaired) electrons. The highest BCUT2D eigenvalue weighted by atomic mass is 79.9. The van der Waals surface area contributed by atoms with E-state index in [0.29, 0.717) is 12.0 Å². The molecule has 0 saturated heterocycles. The van der Waals surface area contributed by atoms with Crippen LogP contribution in [0.5, 0.6) is 0 Å². The van der Waals surface area contributed by atoms with Gasteiger partial charge in [-0.05, 0) is 73.6 Å². The van der Waals surface area contributed by atoms with Gasteiger partial charge in [-0.1, -0.05) is 39.7 Å². The summed E-state index contributed by atoms with van der Waals surface area (Å²) < 4.78 is 1.15. The van der Waals surface area contributed by atoms with Crippen LogP contribution in [0.2, 0.25) is 5.02 Å². The Hall–Kier alpha value is -0.990. The van der Waals surface area contributed by atoms with Gasteiger partial charge in [0.25, 0.3) is 0 Å². The van der Waals surface area contributed by atoms with E-state index in [9.17, 15) is 0 Å². The Labute approximate surface area is 139 Å². The molecule has 3 heteroatoms. The lowest BCUT2D eigenvalue weighted by atomic mass is 9.75. The van der Waals surface area contributed by atoms with Gasteiger partial charge in [0.2, 0.25) is 0 Å². The SMILES string of the molecule is Cc1cc(Br)cc(C)c1NC1CC(c2cccc(Cl)c2)C1. The van der Waals surface area contributed by atoms with Gasteiger partial charge >= 0.3 is 0 Å². The van der Waals surface area contributed by atoms with E-state index < -0.39 is 0 Å². The zero-order valence-corrected chi connectivity index (χ0v) is 14.6. The second-order valence-corrected chi connectivity index (χ2v) is 7.33. The number of hydrogen-bond donors (Lipinski definition) is 1. The number of anilines is 1. The second kappa shape index (κ2) is 6.02. The first-order valence-electron chi connectivity index (χ1n) is 7.31. The van der Waals surface area contributed by atoms with Crippen LogP contribution in [-0.4, -0.2) is 6.04 Å². The molecule has 0 spiro atoms. The van der Waals surface area contributed by atoms with E-state index >= 15 is 0 Å². The Bertz CT molecular complexity index is 639. The third kappa shape index (κ3) is 3.27. The summed E-state index contributed by atoms with van der Waals surface area (Å²) in [5.74, 6) is 0.636. The maximum absolute atomic E-state index is 6.07. The van der Waals surface area contributed by atoms with Crippen LogP contribution in [0.1, 0.15) is 35.4 Å². The molecule has 2 aromatic carbocycles. The minimum absolute atomic E-state index is 0.563. The molecule has 1 aliphatic carbocycles. The first kappa shape index (κ1) is 14.9. The predicted molar refractivity (Wildman–Crippen MR) is 94.5 cm³/mol. The minimum Gasteiger partial charge on any atom is -0.382 e. The average Bonchev–Trinajstić information content (AvgIpc) is 2.35. The summed E-state index contributed by atoms with van der Waals surface area (Å²) in [5, 5.41) is 4.54. The van der Waals surface area contributed by atoms with Gasteiger partial charge in [-0.2, -0.15) is 0 Å². The van der Waals surface area contributed by atoms with Crippen molar-refractivity contribution in [3.8, 4) is 0 Å². The number of benzene rings is 2. The molecule has 1 N–H and O–H groups in total. The summed E-state index contributed by atoms with van der Waals surface area (Å²) in [5.41, 5.74) is 5.25. The molecule has 0 atom stereocenters. The standard InChI is InChI=1S/C18H19BrClN/c1-11-6-15(19)7-12(2)18(11)21-17-9-14(10-17)13-4-3-5-16(20)8-13/h3-8,14,17,21H,9-10H2,1-2H3. The van der Waals surface area contributed by atoms with Gasteiger partial charge in [0.15, 0.2) is 0 Å². The summed E-state index contributed by atoms with van der Waals surface area (Å²) in [7, 11) is 0. The molecular formula is C18H19BrClN. The highest BCUT2D eigenvalue weighted by molar-refractivity contribution is 9.10. The number of rotatable bonds is 3. The number of nitrogens with one attached hydrogen (secondary N) is 1. The molecule has 0 aromatic heterocycles. The van der Waals surface area contributed by atoms with Crippen LogP contribution < -0.4 is 5.32 Å². The fourth-order valence-electron chi connectivity index (χ4n) is 3.11. The largest absolute Gasteiger partial charge is 0.382 e. The van der Waals surface area contributed by atoms with Crippen molar-refractivity contribution in [1.82, 2.24) is 0 Å². The molecule has 110 valence electrons. The van der Waals surface area contributed by atoms with Crippen LogP contribution in [-0.2, 0) is 0 Å².